The van der Waals surface area contributed by atoms with Gasteiger partial charge in [-0.15, -0.1) is 0 Å². The molecule has 1 rings (SSSR count). The molecule has 112 valence electrons. The fourth-order valence-corrected chi connectivity index (χ4v) is 1.98. The number of nitrogens with one attached hydrogen (secondary N) is 1. The summed E-state index contributed by atoms with van der Waals surface area (Å²) in [5, 5.41) is 2.94. The van der Waals surface area contributed by atoms with Gasteiger partial charge >= 0.3 is 0 Å². The van der Waals surface area contributed by atoms with Crippen molar-refractivity contribution in [1.29, 1.82) is 0 Å². The van der Waals surface area contributed by atoms with E-state index in [0.717, 1.165) is 12.8 Å². The summed E-state index contributed by atoms with van der Waals surface area (Å²) in [5.41, 5.74) is 7.90. The molecule has 0 aromatic heterocycles. The maximum atomic E-state index is 12.1. The molecule has 3 N–H and O–H groups in total. The van der Waals surface area contributed by atoms with Gasteiger partial charge in [0.15, 0.2) is 0 Å². The summed E-state index contributed by atoms with van der Waals surface area (Å²) in [6, 6.07) is 7.80. The highest BCUT2D eigenvalue weighted by atomic mass is 16.1. The van der Waals surface area contributed by atoms with E-state index in [1.165, 1.54) is 5.56 Å². The van der Waals surface area contributed by atoms with Crippen LogP contribution in [0.2, 0.25) is 0 Å². The van der Waals surface area contributed by atoms with Crippen molar-refractivity contribution in [3.63, 3.8) is 0 Å². The summed E-state index contributed by atoms with van der Waals surface area (Å²) in [6.07, 6.45) is 1.71. The normalized spacial score (nSPS) is 12.3. The molecule has 0 saturated heterocycles. The van der Waals surface area contributed by atoms with Gasteiger partial charge in [-0.25, -0.2) is 0 Å². The molecule has 3 nitrogen and oxygen atoms in total. The molecular weight excluding hydrogens is 248 g/mol. The van der Waals surface area contributed by atoms with Crippen molar-refractivity contribution in [1.82, 2.24) is 5.32 Å². The van der Waals surface area contributed by atoms with Crippen LogP contribution < -0.4 is 11.1 Å². The number of carbonyl (C=O) groups is 1. The van der Waals surface area contributed by atoms with E-state index in [0.29, 0.717) is 12.1 Å². The molecule has 0 radical (unpaired) electrons. The van der Waals surface area contributed by atoms with Gasteiger partial charge < -0.3 is 11.1 Å². The third-order valence-corrected chi connectivity index (χ3v) is 4.02. The van der Waals surface area contributed by atoms with Crippen LogP contribution in [0.4, 0.5) is 0 Å². The van der Waals surface area contributed by atoms with E-state index in [9.17, 15) is 4.79 Å². The average molecular weight is 276 g/mol. The van der Waals surface area contributed by atoms with E-state index < -0.39 is 0 Å². The molecular formula is C17H28N2O. The first-order valence-electron chi connectivity index (χ1n) is 7.39. The zero-order chi connectivity index (χ0) is 15.4. The van der Waals surface area contributed by atoms with Crippen LogP contribution in [-0.2, 0) is 5.41 Å². The Morgan fingerprint density at radius 3 is 2.00 bits per heavy atom. The fourth-order valence-electron chi connectivity index (χ4n) is 1.98. The van der Waals surface area contributed by atoms with Crippen LogP contribution in [0, 0.1) is 0 Å². The molecule has 0 saturated carbocycles. The lowest BCUT2D eigenvalue weighted by atomic mass is 9.86. The lowest BCUT2D eigenvalue weighted by molar-refractivity contribution is 0.0942. The molecule has 0 bridgehead atoms. The van der Waals surface area contributed by atoms with Gasteiger partial charge in [-0.1, -0.05) is 46.8 Å². The van der Waals surface area contributed by atoms with Crippen LogP contribution in [-0.4, -0.2) is 18.0 Å². The third-order valence-electron chi connectivity index (χ3n) is 4.02. The van der Waals surface area contributed by atoms with Crippen molar-refractivity contribution in [3.05, 3.63) is 35.4 Å². The van der Waals surface area contributed by atoms with Gasteiger partial charge in [0, 0.05) is 17.6 Å². The zero-order valence-corrected chi connectivity index (χ0v) is 13.4. The van der Waals surface area contributed by atoms with Crippen LogP contribution in [0.5, 0.6) is 0 Å². The van der Waals surface area contributed by atoms with Crippen molar-refractivity contribution >= 4 is 5.91 Å². The Balaban J connectivity index is 2.70. The molecule has 1 amide bonds. The first-order chi connectivity index (χ1) is 9.22. The molecule has 3 heteroatoms. The van der Waals surface area contributed by atoms with E-state index in [1.807, 2.05) is 38.1 Å². The smallest absolute Gasteiger partial charge is 0.251 e. The van der Waals surface area contributed by atoms with Gasteiger partial charge in [0.25, 0.3) is 5.91 Å². The molecule has 0 aliphatic rings. The molecule has 0 unspecified atom stereocenters. The highest BCUT2D eigenvalue weighted by Crippen LogP contribution is 2.22. The van der Waals surface area contributed by atoms with E-state index >= 15 is 0 Å². The number of rotatable bonds is 5. The molecule has 0 atom stereocenters. The second-order valence-electron chi connectivity index (χ2n) is 6.58. The minimum Gasteiger partial charge on any atom is -0.350 e. The van der Waals surface area contributed by atoms with E-state index in [4.69, 9.17) is 5.73 Å². The van der Waals surface area contributed by atoms with E-state index in [2.05, 4.69) is 26.1 Å². The van der Waals surface area contributed by atoms with E-state index in [1.54, 1.807) is 0 Å². The van der Waals surface area contributed by atoms with Gasteiger partial charge in [-0.2, -0.15) is 0 Å². The Bertz CT molecular complexity index is 439. The minimum atomic E-state index is -0.305. The Kier molecular flexibility index (Phi) is 5.35. The van der Waals surface area contributed by atoms with Crippen molar-refractivity contribution in [3.8, 4) is 0 Å². The van der Waals surface area contributed by atoms with Crippen molar-refractivity contribution in [2.75, 3.05) is 6.54 Å². The first-order valence-corrected chi connectivity index (χ1v) is 7.39. The Hall–Kier alpha value is -1.35. The van der Waals surface area contributed by atoms with Gasteiger partial charge in [0.05, 0.1) is 0 Å². The standard InChI is InChI=1S/C17H28N2O/c1-6-17(18,7-2)12-19-15(20)13-8-10-14(11-9-13)16(3,4)5/h8-11H,6-7,12,18H2,1-5H3,(H,19,20). The first kappa shape index (κ1) is 16.7. The molecule has 0 spiro atoms. The number of hydrogen-bond acceptors (Lipinski definition) is 2. The largest absolute Gasteiger partial charge is 0.350 e. The highest BCUT2D eigenvalue weighted by molar-refractivity contribution is 5.94. The average Bonchev–Trinajstić information content (AvgIpc) is 2.43. The van der Waals surface area contributed by atoms with Crippen LogP contribution >= 0.6 is 0 Å². The van der Waals surface area contributed by atoms with Gasteiger partial charge in [0.1, 0.15) is 0 Å². The predicted molar refractivity (Wildman–Crippen MR) is 85.0 cm³/mol. The predicted octanol–water partition coefficient (Wildman–Crippen LogP) is 3.23. The van der Waals surface area contributed by atoms with Crippen molar-refractivity contribution < 1.29 is 4.79 Å². The highest BCUT2D eigenvalue weighted by Gasteiger charge is 2.21. The quantitative estimate of drug-likeness (QED) is 0.867. The zero-order valence-electron chi connectivity index (χ0n) is 13.4. The van der Waals surface area contributed by atoms with Crippen molar-refractivity contribution in [2.24, 2.45) is 5.73 Å². The van der Waals surface area contributed by atoms with Gasteiger partial charge in [-0.05, 0) is 36.0 Å². The lowest BCUT2D eigenvalue weighted by Crippen LogP contribution is -2.49. The van der Waals surface area contributed by atoms with Gasteiger partial charge in [-0.3, -0.25) is 4.79 Å². The molecule has 1 aromatic rings. The summed E-state index contributed by atoms with van der Waals surface area (Å²) >= 11 is 0. The Morgan fingerprint density at radius 2 is 1.60 bits per heavy atom. The van der Waals surface area contributed by atoms with Crippen LogP contribution in [0.3, 0.4) is 0 Å². The van der Waals surface area contributed by atoms with Gasteiger partial charge in [0.2, 0.25) is 0 Å². The maximum Gasteiger partial charge on any atom is 0.251 e. The Morgan fingerprint density at radius 1 is 1.10 bits per heavy atom. The summed E-state index contributed by atoms with van der Waals surface area (Å²) in [7, 11) is 0. The summed E-state index contributed by atoms with van der Waals surface area (Å²) < 4.78 is 0. The number of benzene rings is 1. The van der Waals surface area contributed by atoms with Crippen LogP contribution in [0.15, 0.2) is 24.3 Å². The SMILES string of the molecule is CCC(N)(CC)CNC(=O)c1ccc(C(C)(C)C)cc1. The fraction of sp³-hybridized carbons (Fsp3) is 0.588. The molecule has 1 aromatic carbocycles. The summed E-state index contributed by atoms with van der Waals surface area (Å²) in [5.74, 6) is -0.0535. The number of hydrogen-bond donors (Lipinski definition) is 2. The summed E-state index contributed by atoms with van der Waals surface area (Å²) in [4.78, 5) is 12.1. The molecule has 0 fully saturated rings. The molecule has 0 aliphatic carbocycles. The minimum absolute atomic E-state index is 0.0535. The number of carbonyl (C=O) groups excluding carboxylic acids is 1. The van der Waals surface area contributed by atoms with Crippen molar-refractivity contribution in [2.45, 2.75) is 58.4 Å². The van der Waals surface area contributed by atoms with E-state index in [-0.39, 0.29) is 16.9 Å². The van der Waals surface area contributed by atoms with Crippen LogP contribution in [0.25, 0.3) is 0 Å². The maximum absolute atomic E-state index is 12.1. The van der Waals surface area contributed by atoms with Crippen LogP contribution in [0.1, 0.15) is 63.4 Å². The molecule has 20 heavy (non-hydrogen) atoms. The second-order valence-corrected chi connectivity index (χ2v) is 6.58. The second kappa shape index (κ2) is 6.40. The number of nitrogens with two attached hydrogens (primary N) is 1. The topological polar surface area (TPSA) is 55.1 Å². The molecule has 0 aliphatic heterocycles. The summed E-state index contributed by atoms with van der Waals surface area (Å²) in [6.45, 7) is 11.1. The lowest BCUT2D eigenvalue weighted by Gasteiger charge is -2.26. The third kappa shape index (κ3) is 4.34. The number of amides is 1. The molecule has 0 heterocycles. The monoisotopic (exact) mass is 276 g/mol. The Labute approximate surface area is 122 Å².